The van der Waals surface area contributed by atoms with Crippen molar-refractivity contribution in [3.8, 4) is 0 Å². The topological polar surface area (TPSA) is 49.4 Å². The summed E-state index contributed by atoms with van der Waals surface area (Å²) in [6.45, 7) is 3.29. The lowest BCUT2D eigenvalue weighted by Crippen LogP contribution is -2.18. The molecule has 1 aromatic heterocycles. The molecule has 1 unspecified atom stereocenters. The Labute approximate surface area is 115 Å². The molecule has 1 heterocycles. The molecule has 4 heteroatoms. The molecule has 0 aliphatic heterocycles. The van der Waals surface area contributed by atoms with Crippen molar-refractivity contribution in [2.75, 3.05) is 26.9 Å². The minimum Gasteiger partial charge on any atom is -0.382 e. The number of ether oxygens (including phenoxy) is 2. The Bertz CT molecular complexity index is 376. The van der Waals surface area contributed by atoms with Crippen LogP contribution < -0.4 is 5.73 Å². The van der Waals surface area contributed by atoms with E-state index in [2.05, 4.69) is 16.8 Å². The first-order valence-corrected chi connectivity index (χ1v) is 7.33. The second kappa shape index (κ2) is 7.68. The first-order valence-electron chi connectivity index (χ1n) is 7.33. The number of hydrogen-bond donors (Lipinski definition) is 1. The number of nitrogens with two attached hydrogens (primary N) is 1. The predicted molar refractivity (Wildman–Crippen MR) is 76.2 cm³/mol. The zero-order valence-corrected chi connectivity index (χ0v) is 11.9. The van der Waals surface area contributed by atoms with Gasteiger partial charge in [-0.2, -0.15) is 0 Å². The Morgan fingerprint density at radius 1 is 1.32 bits per heavy atom. The monoisotopic (exact) mass is 266 g/mol. The highest BCUT2D eigenvalue weighted by Crippen LogP contribution is 2.28. The van der Waals surface area contributed by atoms with Crippen molar-refractivity contribution in [2.45, 2.75) is 44.7 Å². The van der Waals surface area contributed by atoms with Crippen molar-refractivity contribution < 1.29 is 9.47 Å². The molecule has 0 bridgehead atoms. The maximum absolute atomic E-state index is 6.14. The van der Waals surface area contributed by atoms with E-state index in [9.17, 15) is 0 Å². The number of methoxy groups -OCH3 is 1. The normalized spacial score (nSPS) is 18.5. The smallest absolute Gasteiger partial charge is 0.0700 e. The van der Waals surface area contributed by atoms with Crippen LogP contribution in [0.15, 0.2) is 12.3 Å². The molecule has 108 valence electrons. The number of aryl methyl sites for hydroxylation is 1. The van der Waals surface area contributed by atoms with Crippen molar-refractivity contribution >= 4 is 0 Å². The van der Waals surface area contributed by atoms with Gasteiger partial charge in [0.1, 0.15) is 0 Å². The van der Waals surface area contributed by atoms with Gasteiger partial charge in [-0.3, -0.25) is 0 Å². The Morgan fingerprint density at radius 2 is 2.21 bits per heavy atom. The largest absolute Gasteiger partial charge is 0.382 e. The molecule has 1 aliphatic carbocycles. The van der Waals surface area contributed by atoms with E-state index in [0.29, 0.717) is 13.2 Å². The number of fused-ring (bicyclic) bond motifs is 1. The third-order valence-corrected chi connectivity index (χ3v) is 3.81. The van der Waals surface area contributed by atoms with E-state index in [0.717, 1.165) is 32.4 Å². The van der Waals surface area contributed by atoms with Gasteiger partial charge in [0, 0.05) is 38.2 Å². The molecule has 0 radical (unpaired) electrons. The lowest BCUT2D eigenvalue weighted by atomic mass is 9.94. The predicted octanol–water partition coefficient (Wildman–Crippen LogP) is 2.27. The van der Waals surface area contributed by atoms with Gasteiger partial charge in [-0.15, -0.1) is 0 Å². The highest BCUT2D eigenvalue weighted by Gasteiger charge is 2.19. The van der Waals surface area contributed by atoms with Crippen LogP contribution in [0.4, 0.5) is 0 Å². The molecule has 0 saturated heterocycles. The Balaban J connectivity index is 1.69. The third kappa shape index (κ3) is 4.06. The van der Waals surface area contributed by atoms with Gasteiger partial charge < -0.3 is 19.8 Å². The molecule has 2 rings (SSSR count). The Hall–Kier alpha value is -0.840. The van der Waals surface area contributed by atoms with Crippen LogP contribution in [0.2, 0.25) is 0 Å². The summed E-state index contributed by atoms with van der Waals surface area (Å²) in [5.41, 5.74) is 8.96. The van der Waals surface area contributed by atoms with E-state index in [1.165, 1.54) is 24.1 Å². The van der Waals surface area contributed by atoms with Crippen LogP contribution in [0.25, 0.3) is 0 Å². The average molecular weight is 266 g/mol. The Morgan fingerprint density at radius 3 is 3.05 bits per heavy atom. The molecule has 1 atom stereocenters. The Kier molecular flexibility index (Phi) is 5.89. The summed E-state index contributed by atoms with van der Waals surface area (Å²) in [7, 11) is 1.70. The lowest BCUT2D eigenvalue weighted by molar-refractivity contribution is 0.0684. The molecule has 19 heavy (non-hydrogen) atoms. The number of unbranched alkanes of at least 4 members (excludes halogenated alkanes) is 1. The van der Waals surface area contributed by atoms with E-state index in [-0.39, 0.29) is 6.04 Å². The molecule has 1 aliphatic rings. The van der Waals surface area contributed by atoms with Crippen molar-refractivity contribution in [1.82, 2.24) is 4.57 Å². The summed E-state index contributed by atoms with van der Waals surface area (Å²) < 4.78 is 12.8. The zero-order valence-electron chi connectivity index (χ0n) is 11.9. The van der Waals surface area contributed by atoms with Crippen molar-refractivity contribution in [2.24, 2.45) is 5.73 Å². The summed E-state index contributed by atoms with van der Waals surface area (Å²) in [5, 5.41) is 0. The molecule has 0 aromatic carbocycles. The molecule has 0 spiro atoms. The fourth-order valence-electron chi connectivity index (χ4n) is 2.73. The maximum Gasteiger partial charge on any atom is 0.0700 e. The van der Waals surface area contributed by atoms with Crippen LogP contribution in [0.5, 0.6) is 0 Å². The molecule has 0 amide bonds. The standard InChI is InChI=1S/C15H26N2O2/c1-18-11-12-19-10-3-2-8-17-9-7-13-14(16)5-4-6-15(13)17/h7,9,14H,2-6,8,10-12,16H2,1H3. The zero-order chi connectivity index (χ0) is 13.5. The van der Waals surface area contributed by atoms with Gasteiger partial charge in [-0.1, -0.05) is 0 Å². The maximum atomic E-state index is 6.14. The van der Waals surface area contributed by atoms with Crippen LogP contribution in [-0.4, -0.2) is 31.5 Å². The highest BCUT2D eigenvalue weighted by atomic mass is 16.5. The number of nitrogens with zero attached hydrogens (tertiary/aromatic N) is 1. The van der Waals surface area contributed by atoms with Crippen molar-refractivity contribution in [1.29, 1.82) is 0 Å². The third-order valence-electron chi connectivity index (χ3n) is 3.81. The molecule has 0 fully saturated rings. The van der Waals surface area contributed by atoms with Gasteiger partial charge in [0.05, 0.1) is 13.2 Å². The number of rotatable bonds is 8. The second-order valence-electron chi connectivity index (χ2n) is 5.22. The molecular weight excluding hydrogens is 240 g/mol. The quantitative estimate of drug-likeness (QED) is 0.734. The van der Waals surface area contributed by atoms with Gasteiger partial charge in [0.25, 0.3) is 0 Å². The molecule has 1 aromatic rings. The fourth-order valence-corrected chi connectivity index (χ4v) is 2.73. The lowest BCUT2D eigenvalue weighted by Gasteiger charge is -2.21. The SMILES string of the molecule is COCCOCCCCn1ccc2c1CCCC2N. The number of aromatic nitrogens is 1. The van der Waals surface area contributed by atoms with Gasteiger partial charge in [-0.25, -0.2) is 0 Å². The van der Waals surface area contributed by atoms with E-state index < -0.39 is 0 Å². The van der Waals surface area contributed by atoms with Crippen LogP contribution >= 0.6 is 0 Å². The van der Waals surface area contributed by atoms with Gasteiger partial charge in [0.15, 0.2) is 0 Å². The first-order chi connectivity index (χ1) is 9.33. The fraction of sp³-hybridized carbons (Fsp3) is 0.733. The van der Waals surface area contributed by atoms with Crippen molar-refractivity contribution in [3.63, 3.8) is 0 Å². The van der Waals surface area contributed by atoms with Crippen LogP contribution in [0.1, 0.15) is 43.0 Å². The molecule has 0 saturated carbocycles. The van der Waals surface area contributed by atoms with Crippen molar-refractivity contribution in [3.05, 3.63) is 23.5 Å². The molecular formula is C15H26N2O2. The molecule has 4 nitrogen and oxygen atoms in total. The van der Waals surface area contributed by atoms with Crippen LogP contribution in [0.3, 0.4) is 0 Å². The first kappa shape index (κ1) is 14.6. The van der Waals surface area contributed by atoms with Gasteiger partial charge >= 0.3 is 0 Å². The minimum absolute atomic E-state index is 0.252. The summed E-state index contributed by atoms with van der Waals surface area (Å²) >= 11 is 0. The van der Waals surface area contributed by atoms with Gasteiger partial charge in [0.2, 0.25) is 0 Å². The summed E-state index contributed by atoms with van der Waals surface area (Å²) in [4.78, 5) is 0. The highest BCUT2D eigenvalue weighted by molar-refractivity contribution is 5.28. The van der Waals surface area contributed by atoms with E-state index in [1.807, 2.05) is 0 Å². The average Bonchev–Trinajstić information content (AvgIpc) is 2.83. The summed E-state index contributed by atoms with van der Waals surface area (Å²) in [6.07, 6.45) is 7.98. The summed E-state index contributed by atoms with van der Waals surface area (Å²) in [6, 6.07) is 2.45. The second-order valence-corrected chi connectivity index (χ2v) is 5.22. The van der Waals surface area contributed by atoms with Crippen LogP contribution in [0, 0.1) is 0 Å². The van der Waals surface area contributed by atoms with E-state index in [1.54, 1.807) is 7.11 Å². The summed E-state index contributed by atoms with van der Waals surface area (Å²) in [5.74, 6) is 0. The van der Waals surface area contributed by atoms with E-state index >= 15 is 0 Å². The number of hydrogen-bond acceptors (Lipinski definition) is 3. The molecule has 2 N–H and O–H groups in total. The van der Waals surface area contributed by atoms with Gasteiger partial charge in [-0.05, 0) is 43.7 Å². The van der Waals surface area contributed by atoms with E-state index in [4.69, 9.17) is 15.2 Å². The minimum atomic E-state index is 0.252. The van der Waals surface area contributed by atoms with Crippen LogP contribution in [-0.2, 0) is 22.4 Å².